The van der Waals surface area contributed by atoms with E-state index in [9.17, 15) is 9.59 Å². The molecule has 1 amide bonds. The summed E-state index contributed by atoms with van der Waals surface area (Å²) in [4.78, 5) is 28.4. The van der Waals surface area contributed by atoms with Crippen molar-refractivity contribution in [1.82, 2.24) is 24.6 Å². The van der Waals surface area contributed by atoms with Gasteiger partial charge in [0.05, 0.1) is 12.5 Å². The van der Waals surface area contributed by atoms with E-state index >= 15 is 0 Å². The maximum atomic E-state index is 12.3. The molecule has 0 aliphatic heterocycles. The third-order valence-corrected chi connectivity index (χ3v) is 3.63. The molecule has 0 aliphatic rings. The fourth-order valence-electron chi connectivity index (χ4n) is 2.33. The fraction of sp³-hybridized carbons (Fsp3) is 0.250. The van der Waals surface area contributed by atoms with Crippen LogP contribution in [0.3, 0.4) is 0 Å². The lowest BCUT2D eigenvalue weighted by molar-refractivity contribution is -0.121. The van der Waals surface area contributed by atoms with Crippen molar-refractivity contribution >= 4 is 16.9 Å². The van der Waals surface area contributed by atoms with Crippen LogP contribution in [-0.2, 0) is 24.9 Å². The molecule has 2 aromatic heterocycles. The van der Waals surface area contributed by atoms with Gasteiger partial charge in [-0.3, -0.25) is 18.8 Å². The summed E-state index contributed by atoms with van der Waals surface area (Å²) in [5.41, 5.74) is 1.40. The third kappa shape index (κ3) is 3.28. The van der Waals surface area contributed by atoms with Crippen molar-refractivity contribution < 1.29 is 4.79 Å². The summed E-state index contributed by atoms with van der Waals surface area (Å²) in [5, 5.41) is 7.31. The van der Waals surface area contributed by atoms with Gasteiger partial charge in [-0.2, -0.15) is 5.10 Å². The molecule has 0 radical (unpaired) electrons. The molecule has 0 saturated carbocycles. The Balaban J connectivity index is 1.61. The highest BCUT2D eigenvalue weighted by atomic mass is 16.1. The second-order valence-corrected chi connectivity index (χ2v) is 5.26. The Morgan fingerprint density at radius 3 is 2.83 bits per heavy atom. The van der Waals surface area contributed by atoms with E-state index in [1.54, 1.807) is 11.7 Å². The second-order valence-electron chi connectivity index (χ2n) is 5.26. The van der Waals surface area contributed by atoms with Gasteiger partial charge in [0.1, 0.15) is 5.39 Å². The summed E-state index contributed by atoms with van der Waals surface area (Å²) < 4.78 is 2.99. The van der Waals surface area contributed by atoms with Gasteiger partial charge in [0, 0.05) is 26.6 Å². The van der Waals surface area contributed by atoms with Crippen LogP contribution in [0.4, 0.5) is 0 Å². The first kappa shape index (κ1) is 15.0. The Hall–Kier alpha value is -2.96. The lowest BCUT2D eigenvalue weighted by Gasteiger charge is -2.07. The number of carbonyl (C=O) groups is 1. The summed E-state index contributed by atoms with van der Waals surface area (Å²) in [7, 11) is 1.73. The quantitative estimate of drug-likeness (QED) is 0.757. The minimum absolute atomic E-state index is 0.105. The number of carbonyl (C=O) groups excluding carboxylic acids is 1. The van der Waals surface area contributed by atoms with Gasteiger partial charge in [-0.15, -0.1) is 0 Å². The predicted molar refractivity (Wildman–Crippen MR) is 85.7 cm³/mol. The van der Waals surface area contributed by atoms with E-state index in [1.807, 2.05) is 30.3 Å². The van der Waals surface area contributed by atoms with Crippen molar-refractivity contribution in [1.29, 1.82) is 0 Å². The van der Waals surface area contributed by atoms with Crippen LogP contribution in [0.2, 0.25) is 0 Å². The van der Waals surface area contributed by atoms with Crippen LogP contribution in [0.5, 0.6) is 0 Å². The highest BCUT2D eigenvalue weighted by molar-refractivity contribution is 5.76. The molecule has 3 aromatic rings. The number of aromatic nitrogens is 4. The molecule has 2 heterocycles. The minimum Gasteiger partial charge on any atom is -0.352 e. The summed E-state index contributed by atoms with van der Waals surface area (Å²) >= 11 is 0. The fourth-order valence-corrected chi connectivity index (χ4v) is 2.33. The molecule has 0 spiro atoms. The maximum absolute atomic E-state index is 12.3. The van der Waals surface area contributed by atoms with Crippen LogP contribution in [0, 0.1) is 0 Å². The van der Waals surface area contributed by atoms with E-state index in [1.165, 1.54) is 17.1 Å². The average Bonchev–Trinajstić information content (AvgIpc) is 2.95. The van der Waals surface area contributed by atoms with Crippen molar-refractivity contribution in [2.45, 2.75) is 19.5 Å². The van der Waals surface area contributed by atoms with Crippen LogP contribution in [0.1, 0.15) is 12.0 Å². The van der Waals surface area contributed by atoms with Gasteiger partial charge < -0.3 is 5.32 Å². The molecule has 0 aliphatic carbocycles. The van der Waals surface area contributed by atoms with Gasteiger partial charge in [0.15, 0.2) is 5.65 Å². The summed E-state index contributed by atoms with van der Waals surface area (Å²) in [6.45, 7) is 0.770. The number of rotatable bonds is 5. The highest BCUT2D eigenvalue weighted by Crippen LogP contribution is 2.03. The molecule has 118 valence electrons. The standard InChI is InChI=1S/C16H17N5O2/c1-20-15-13(10-19-20)16(23)21(11-18-15)8-7-14(22)17-9-12-5-3-2-4-6-12/h2-6,10-11H,7-9H2,1H3,(H,17,22). The molecular weight excluding hydrogens is 294 g/mol. The molecule has 0 bridgehead atoms. The zero-order valence-corrected chi connectivity index (χ0v) is 12.8. The number of nitrogens with one attached hydrogen (secondary N) is 1. The third-order valence-electron chi connectivity index (χ3n) is 3.63. The van der Waals surface area contributed by atoms with E-state index in [-0.39, 0.29) is 24.4 Å². The van der Waals surface area contributed by atoms with Crippen molar-refractivity contribution in [3.8, 4) is 0 Å². The van der Waals surface area contributed by atoms with Gasteiger partial charge in [-0.25, -0.2) is 4.98 Å². The zero-order chi connectivity index (χ0) is 16.2. The van der Waals surface area contributed by atoms with Gasteiger partial charge in [0.25, 0.3) is 5.56 Å². The zero-order valence-electron chi connectivity index (χ0n) is 12.8. The Morgan fingerprint density at radius 1 is 1.26 bits per heavy atom. The molecule has 3 rings (SSSR count). The number of nitrogens with zero attached hydrogens (tertiary/aromatic N) is 4. The lowest BCUT2D eigenvalue weighted by atomic mass is 10.2. The molecule has 7 nitrogen and oxygen atoms in total. The SMILES string of the molecule is Cn1ncc2c(=O)n(CCC(=O)NCc3ccccc3)cnc21. The second kappa shape index (κ2) is 6.43. The van der Waals surface area contributed by atoms with Gasteiger partial charge >= 0.3 is 0 Å². The summed E-state index contributed by atoms with van der Waals surface area (Å²) in [6.07, 6.45) is 3.17. The number of fused-ring (bicyclic) bond motifs is 1. The van der Waals surface area contributed by atoms with Gasteiger partial charge in [0.2, 0.25) is 5.91 Å². The molecule has 0 fully saturated rings. The molecular formula is C16H17N5O2. The number of hydrogen-bond acceptors (Lipinski definition) is 4. The van der Waals surface area contributed by atoms with Crippen LogP contribution >= 0.6 is 0 Å². The van der Waals surface area contributed by atoms with Crippen LogP contribution in [0.25, 0.3) is 11.0 Å². The van der Waals surface area contributed by atoms with Crippen molar-refractivity contribution in [3.63, 3.8) is 0 Å². The van der Waals surface area contributed by atoms with Crippen LogP contribution in [-0.4, -0.2) is 25.2 Å². The van der Waals surface area contributed by atoms with Crippen LogP contribution in [0.15, 0.2) is 47.7 Å². The van der Waals surface area contributed by atoms with Gasteiger partial charge in [-0.05, 0) is 5.56 Å². The Kier molecular flexibility index (Phi) is 4.18. The number of aryl methyl sites for hydroxylation is 2. The molecule has 0 unspecified atom stereocenters. The van der Waals surface area contributed by atoms with E-state index in [2.05, 4.69) is 15.4 Å². The number of benzene rings is 1. The summed E-state index contributed by atoms with van der Waals surface area (Å²) in [5.74, 6) is -0.105. The molecule has 23 heavy (non-hydrogen) atoms. The Bertz CT molecular complexity index is 882. The topological polar surface area (TPSA) is 81.8 Å². The van der Waals surface area contributed by atoms with Crippen molar-refractivity contribution in [2.75, 3.05) is 0 Å². The molecule has 0 saturated heterocycles. The summed E-state index contributed by atoms with van der Waals surface area (Å²) in [6, 6.07) is 9.68. The van der Waals surface area contributed by atoms with E-state index < -0.39 is 0 Å². The molecule has 1 N–H and O–H groups in total. The minimum atomic E-state index is -0.182. The van der Waals surface area contributed by atoms with E-state index in [4.69, 9.17) is 0 Å². The highest BCUT2D eigenvalue weighted by Gasteiger charge is 2.09. The first-order valence-corrected chi connectivity index (χ1v) is 7.33. The lowest BCUT2D eigenvalue weighted by Crippen LogP contribution is -2.27. The Labute approximate surface area is 132 Å². The monoisotopic (exact) mass is 311 g/mol. The number of hydrogen-bond donors (Lipinski definition) is 1. The van der Waals surface area contributed by atoms with Crippen molar-refractivity contribution in [3.05, 3.63) is 58.8 Å². The van der Waals surface area contributed by atoms with Crippen molar-refractivity contribution in [2.24, 2.45) is 7.05 Å². The van der Waals surface area contributed by atoms with E-state index in [0.717, 1.165) is 5.56 Å². The normalized spacial score (nSPS) is 10.8. The predicted octanol–water partition coefficient (Wildman–Crippen LogP) is 0.836. The van der Waals surface area contributed by atoms with Crippen LogP contribution < -0.4 is 10.9 Å². The Morgan fingerprint density at radius 2 is 2.04 bits per heavy atom. The van der Waals surface area contributed by atoms with Gasteiger partial charge in [-0.1, -0.05) is 30.3 Å². The molecule has 7 heteroatoms. The number of amides is 1. The van der Waals surface area contributed by atoms with E-state index in [0.29, 0.717) is 17.6 Å². The average molecular weight is 311 g/mol. The molecule has 0 atom stereocenters. The smallest absolute Gasteiger partial charge is 0.264 e. The first-order valence-electron chi connectivity index (χ1n) is 7.33. The largest absolute Gasteiger partial charge is 0.352 e. The molecule has 1 aromatic carbocycles. The maximum Gasteiger partial charge on any atom is 0.264 e. The first-order chi connectivity index (χ1) is 11.1.